The fourth-order valence-corrected chi connectivity index (χ4v) is 2.24. The second kappa shape index (κ2) is 5.38. The van der Waals surface area contributed by atoms with E-state index < -0.39 is 11.8 Å². The highest BCUT2D eigenvalue weighted by Gasteiger charge is 2.27. The summed E-state index contributed by atoms with van der Waals surface area (Å²) in [6.07, 6.45) is 0.908. The molecule has 0 aliphatic carbocycles. The van der Waals surface area contributed by atoms with Crippen molar-refractivity contribution in [3.63, 3.8) is 0 Å². The quantitative estimate of drug-likeness (QED) is 0.890. The normalized spacial score (nSPS) is 16.4. The van der Waals surface area contributed by atoms with Gasteiger partial charge in [-0.2, -0.15) is 0 Å². The monoisotopic (exact) mass is 265 g/mol. The molecule has 102 valence electrons. The Morgan fingerprint density at radius 3 is 2.47 bits per heavy atom. The summed E-state index contributed by atoms with van der Waals surface area (Å²) in [4.78, 5) is 24.6. The molecular formula is C14H16FNO3. The smallest absolute Gasteiger partial charge is 0.306 e. The Balaban J connectivity index is 2.05. The Kier molecular flexibility index (Phi) is 3.83. The average molecular weight is 265 g/mol. The first-order valence-corrected chi connectivity index (χ1v) is 6.27. The molecule has 19 heavy (non-hydrogen) atoms. The summed E-state index contributed by atoms with van der Waals surface area (Å²) in [7, 11) is 0. The van der Waals surface area contributed by atoms with Crippen LogP contribution in [0, 0.1) is 18.7 Å². The van der Waals surface area contributed by atoms with Crippen LogP contribution >= 0.6 is 0 Å². The van der Waals surface area contributed by atoms with E-state index in [0.29, 0.717) is 37.1 Å². The van der Waals surface area contributed by atoms with E-state index in [9.17, 15) is 14.0 Å². The molecule has 1 aromatic carbocycles. The van der Waals surface area contributed by atoms with Gasteiger partial charge in [0.2, 0.25) is 0 Å². The van der Waals surface area contributed by atoms with Crippen LogP contribution in [0.3, 0.4) is 0 Å². The van der Waals surface area contributed by atoms with E-state index in [1.807, 2.05) is 0 Å². The molecule has 1 aliphatic heterocycles. The van der Waals surface area contributed by atoms with Gasteiger partial charge in [0.05, 0.1) is 5.92 Å². The maximum absolute atomic E-state index is 13.4. The number of hydrogen-bond donors (Lipinski definition) is 1. The molecule has 0 radical (unpaired) electrons. The minimum Gasteiger partial charge on any atom is -0.481 e. The van der Waals surface area contributed by atoms with Gasteiger partial charge < -0.3 is 10.0 Å². The van der Waals surface area contributed by atoms with Crippen LogP contribution in [-0.4, -0.2) is 35.0 Å². The van der Waals surface area contributed by atoms with Gasteiger partial charge in [-0.05, 0) is 37.5 Å². The van der Waals surface area contributed by atoms with Gasteiger partial charge in [-0.3, -0.25) is 9.59 Å². The van der Waals surface area contributed by atoms with E-state index in [4.69, 9.17) is 5.11 Å². The second-order valence-electron chi connectivity index (χ2n) is 4.87. The number of carbonyl (C=O) groups is 2. The Bertz CT molecular complexity index is 507. The molecule has 0 aromatic heterocycles. The van der Waals surface area contributed by atoms with Gasteiger partial charge in [0.1, 0.15) is 5.82 Å². The molecule has 5 heteroatoms. The molecule has 2 rings (SSSR count). The third-order valence-electron chi connectivity index (χ3n) is 3.55. The van der Waals surface area contributed by atoms with Crippen LogP contribution in [0.4, 0.5) is 4.39 Å². The summed E-state index contributed by atoms with van der Waals surface area (Å²) in [5.41, 5.74) is 0.818. The number of aliphatic carboxylic acids is 1. The third kappa shape index (κ3) is 2.92. The summed E-state index contributed by atoms with van der Waals surface area (Å²) in [5.74, 6) is -1.82. The number of aryl methyl sites for hydroxylation is 1. The zero-order chi connectivity index (χ0) is 14.0. The number of rotatable bonds is 2. The van der Waals surface area contributed by atoms with E-state index in [-0.39, 0.29) is 11.8 Å². The minimum absolute atomic E-state index is 0.234. The zero-order valence-corrected chi connectivity index (χ0v) is 10.7. The Morgan fingerprint density at radius 2 is 1.95 bits per heavy atom. The zero-order valence-electron chi connectivity index (χ0n) is 10.7. The Hall–Kier alpha value is -1.91. The number of nitrogens with zero attached hydrogens (tertiary/aromatic N) is 1. The van der Waals surface area contributed by atoms with Crippen molar-refractivity contribution in [1.29, 1.82) is 0 Å². The van der Waals surface area contributed by atoms with Crippen LogP contribution in [0.25, 0.3) is 0 Å². The summed E-state index contributed by atoms with van der Waals surface area (Å²) in [5, 5.41) is 8.89. The van der Waals surface area contributed by atoms with Crippen molar-refractivity contribution >= 4 is 11.9 Å². The van der Waals surface area contributed by atoms with E-state index in [1.54, 1.807) is 24.0 Å². The molecule has 1 saturated heterocycles. The molecule has 1 fully saturated rings. The molecule has 1 N–H and O–H groups in total. The highest BCUT2D eigenvalue weighted by Crippen LogP contribution is 2.20. The van der Waals surface area contributed by atoms with Crippen LogP contribution in [0.15, 0.2) is 18.2 Å². The molecule has 4 nitrogen and oxygen atoms in total. The van der Waals surface area contributed by atoms with Crippen molar-refractivity contribution in [2.45, 2.75) is 19.8 Å². The van der Waals surface area contributed by atoms with E-state index in [0.717, 1.165) is 0 Å². The molecule has 1 heterocycles. The molecular weight excluding hydrogens is 249 g/mol. The number of carbonyl (C=O) groups excluding carboxylic acids is 1. The van der Waals surface area contributed by atoms with Crippen LogP contribution in [-0.2, 0) is 4.79 Å². The Morgan fingerprint density at radius 1 is 1.32 bits per heavy atom. The lowest BCUT2D eigenvalue weighted by Gasteiger charge is -2.30. The number of amides is 1. The van der Waals surface area contributed by atoms with Gasteiger partial charge in [0.25, 0.3) is 5.91 Å². The lowest BCUT2D eigenvalue weighted by atomic mass is 9.96. The van der Waals surface area contributed by atoms with Crippen LogP contribution in [0.5, 0.6) is 0 Å². The predicted octanol–water partition coefficient (Wildman–Crippen LogP) is 2.07. The number of hydrogen-bond acceptors (Lipinski definition) is 2. The maximum atomic E-state index is 13.4. The SMILES string of the molecule is Cc1ccc(C(=O)N2CCC(C(=O)O)CC2)cc1F. The van der Waals surface area contributed by atoms with Crippen molar-refractivity contribution in [2.24, 2.45) is 5.92 Å². The van der Waals surface area contributed by atoms with Crippen molar-refractivity contribution in [1.82, 2.24) is 4.90 Å². The first kappa shape index (κ1) is 13.5. The van der Waals surface area contributed by atoms with E-state index >= 15 is 0 Å². The van der Waals surface area contributed by atoms with E-state index in [1.165, 1.54) is 6.07 Å². The summed E-state index contributed by atoms with van der Waals surface area (Å²) < 4.78 is 13.4. The summed E-state index contributed by atoms with van der Waals surface area (Å²) in [6, 6.07) is 4.41. The number of carboxylic acid groups (broad SMARTS) is 1. The number of carboxylic acids is 1. The van der Waals surface area contributed by atoms with Gasteiger partial charge >= 0.3 is 5.97 Å². The second-order valence-corrected chi connectivity index (χ2v) is 4.87. The van der Waals surface area contributed by atoms with Crippen LogP contribution in [0.1, 0.15) is 28.8 Å². The lowest BCUT2D eigenvalue weighted by Crippen LogP contribution is -2.40. The van der Waals surface area contributed by atoms with Crippen molar-refractivity contribution in [2.75, 3.05) is 13.1 Å². The number of benzene rings is 1. The minimum atomic E-state index is -0.812. The molecule has 0 atom stereocenters. The summed E-state index contributed by atoms with van der Waals surface area (Å²) in [6.45, 7) is 2.46. The van der Waals surface area contributed by atoms with Crippen molar-refractivity contribution in [3.05, 3.63) is 35.1 Å². The number of piperidine rings is 1. The molecule has 1 aliphatic rings. The van der Waals surface area contributed by atoms with Gasteiger partial charge in [-0.15, -0.1) is 0 Å². The molecule has 0 unspecified atom stereocenters. The molecule has 0 spiro atoms. The van der Waals surface area contributed by atoms with Crippen molar-refractivity contribution < 1.29 is 19.1 Å². The van der Waals surface area contributed by atoms with Crippen LogP contribution < -0.4 is 0 Å². The first-order valence-electron chi connectivity index (χ1n) is 6.27. The fraction of sp³-hybridized carbons (Fsp3) is 0.429. The standard InChI is InChI=1S/C14H16FNO3/c1-9-2-3-11(8-12(9)15)13(17)16-6-4-10(5-7-16)14(18)19/h2-3,8,10H,4-7H2,1H3,(H,18,19). The molecule has 0 bridgehead atoms. The third-order valence-corrected chi connectivity index (χ3v) is 3.55. The lowest BCUT2D eigenvalue weighted by molar-refractivity contribution is -0.143. The topological polar surface area (TPSA) is 57.6 Å². The molecule has 0 saturated carbocycles. The van der Waals surface area contributed by atoms with Crippen LogP contribution in [0.2, 0.25) is 0 Å². The average Bonchev–Trinajstić information content (AvgIpc) is 2.41. The van der Waals surface area contributed by atoms with Gasteiger partial charge in [-0.1, -0.05) is 6.07 Å². The summed E-state index contributed by atoms with van der Waals surface area (Å²) >= 11 is 0. The highest BCUT2D eigenvalue weighted by molar-refractivity contribution is 5.94. The van der Waals surface area contributed by atoms with Gasteiger partial charge in [0, 0.05) is 18.7 Å². The fourth-order valence-electron chi connectivity index (χ4n) is 2.24. The molecule has 1 amide bonds. The van der Waals surface area contributed by atoms with Gasteiger partial charge in [-0.25, -0.2) is 4.39 Å². The Labute approximate surface area is 110 Å². The first-order chi connectivity index (χ1) is 8.99. The van der Waals surface area contributed by atoms with Gasteiger partial charge in [0.15, 0.2) is 0 Å². The largest absolute Gasteiger partial charge is 0.481 e. The van der Waals surface area contributed by atoms with E-state index in [2.05, 4.69) is 0 Å². The van der Waals surface area contributed by atoms with Crippen molar-refractivity contribution in [3.8, 4) is 0 Å². The number of halogens is 1. The number of likely N-dealkylation sites (tertiary alicyclic amines) is 1. The predicted molar refractivity (Wildman–Crippen MR) is 67.4 cm³/mol. The maximum Gasteiger partial charge on any atom is 0.306 e. The highest BCUT2D eigenvalue weighted by atomic mass is 19.1. The molecule has 1 aromatic rings.